The van der Waals surface area contributed by atoms with Crippen LogP contribution in [0.25, 0.3) is 0 Å². The number of nitrogens with zero attached hydrogens (tertiary/aromatic N) is 1. The highest BCUT2D eigenvalue weighted by Gasteiger charge is 2.39. The Labute approximate surface area is 150 Å². The smallest absolute Gasteiger partial charge is 0.333 e. The van der Waals surface area contributed by atoms with E-state index in [1.54, 1.807) is 18.2 Å². The normalized spacial score (nSPS) is 14.2. The number of carbonyl (C=O) groups is 2. The van der Waals surface area contributed by atoms with E-state index in [1.165, 1.54) is 18.1 Å². The summed E-state index contributed by atoms with van der Waals surface area (Å²) in [5.41, 5.74) is 1.16. The number of hydrogen-bond donors (Lipinski definition) is 1. The molecule has 1 atom stereocenters. The van der Waals surface area contributed by atoms with Crippen molar-refractivity contribution in [2.45, 2.75) is 12.6 Å². The lowest BCUT2D eigenvalue weighted by molar-refractivity contribution is -0.149. The fourth-order valence-corrected chi connectivity index (χ4v) is 3.22. The van der Waals surface area contributed by atoms with Crippen LogP contribution >= 0.6 is 15.9 Å². The molecule has 1 aliphatic rings. The number of halogens is 2. The molecule has 1 aliphatic heterocycles. The Hall–Kier alpha value is -2.45. The zero-order chi connectivity index (χ0) is 18.1. The predicted octanol–water partition coefficient (Wildman–Crippen LogP) is 3.31. The fraction of sp³-hybridized carbons (Fsp3) is 0.176. The molecular formula is C17H13BrFNO5. The molecule has 1 heterocycles. The van der Waals surface area contributed by atoms with E-state index in [9.17, 15) is 14.0 Å². The van der Waals surface area contributed by atoms with Gasteiger partial charge in [0.2, 0.25) is 0 Å². The summed E-state index contributed by atoms with van der Waals surface area (Å²) in [5, 5.41) is 9.05. The number of fused-ring (bicyclic) bond motifs is 1. The molecule has 0 aliphatic carbocycles. The maximum Gasteiger partial charge on any atom is 0.333 e. The van der Waals surface area contributed by atoms with Crippen molar-refractivity contribution in [1.82, 2.24) is 4.90 Å². The monoisotopic (exact) mass is 409 g/mol. The number of esters is 1. The summed E-state index contributed by atoms with van der Waals surface area (Å²) in [6.45, 7) is 0.141. The highest BCUT2D eigenvalue weighted by atomic mass is 79.9. The fourth-order valence-electron chi connectivity index (χ4n) is 2.85. The van der Waals surface area contributed by atoms with Crippen molar-refractivity contribution in [1.29, 1.82) is 0 Å². The minimum absolute atomic E-state index is 0.00503. The van der Waals surface area contributed by atoms with E-state index in [1.807, 2.05) is 0 Å². The molecular weight excluding hydrogens is 397 g/mol. The maximum absolute atomic E-state index is 13.7. The number of hydrogen-bond acceptors (Lipinski definition) is 5. The van der Waals surface area contributed by atoms with Crippen LogP contribution in [-0.4, -0.2) is 29.1 Å². The van der Waals surface area contributed by atoms with Crippen molar-refractivity contribution < 1.29 is 28.9 Å². The number of amides is 1. The first-order valence-corrected chi connectivity index (χ1v) is 8.03. The lowest BCUT2D eigenvalue weighted by atomic mass is 10.0. The lowest BCUT2D eigenvalue weighted by Gasteiger charge is -2.26. The second kappa shape index (κ2) is 6.81. The standard InChI is InChI=1S/C17H13BrFNO5/c1-24-17(22)15(13-7-11(19)4-5-14(13)25-23)20-8-9-2-3-10(18)6-12(9)16(20)21/h2-7,15,23H,8H2,1H3/t15-/m1/s1. The van der Waals surface area contributed by atoms with E-state index in [4.69, 9.17) is 9.99 Å². The van der Waals surface area contributed by atoms with E-state index in [2.05, 4.69) is 20.8 Å². The van der Waals surface area contributed by atoms with E-state index < -0.39 is 23.7 Å². The van der Waals surface area contributed by atoms with Crippen molar-refractivity contribution in [3.05, 3.63) is 63.4 Å². The minimum atomic E-state index is -1.26. The third-order valence-electron chi connectivity index (χ3n) is 4.00. The van der Waals surface area contributed by atoms with Crippen LogP contribution in [0, 0.1) is 5.82 Å². The van der Waals surface area contributed by atoms with Crippen LogP contribution in [0.15, 0.2) is 40.9 Å². The van der Waals surface area contributed by atoms with Crippen LogP contribution in [0.5, 0.6) is 5.75 Å². The summed E-state index contributed by atoms with van der Waals surface area (Å²) >= 11 is 3.30. The van der Waals surface area contributed by atoms with Crippen molar-refractivity contribution in [2.75, 3.05) is 7.11 Å². The Bertz CT molecular complexity index is 857. The van der Waals surface area contributed by atoms with Crippen molar-refractivity contribution in [3.63, 3.8) is 0 Å². The molecule has 1 N–H and O–H groups in total. The van der Waals surface area contributed by atoms with Crippen LogP contribution in [0.3, 0.4) is 0 Å². The van der Waals surface area contributed by atoms with Gasteiger partial charge in [-0.3, -0.25) is 4.79 Å². The zero-order valence-electron chi connectivity index (χ0n) is 13.0. The molecule has 3 rings (SSSR count). The summed E-state index contributed by atoms with van der Waals surface area (Å²) in [4.78, 5) is 30.6. The molecule has 0 spiro atoms. The van der Waals surface area contributed by atoms with Gasteiger partial charge in [-0.1, -0.05) is 22.0 Å². The summed E-state index contributed by atoms with van der Waals surface area (Å²) in [6, 6.07) is 7.21. The highest BCUT2D eigenvalue weighted by molar-refractivity contribution is 9.10. The highest BCUT2D eigenvalue weighted by Crippen LogP contribution is 2.37. The third-order valence-corrected chi connectivity index (χ3v) is 4.50. The zero-order valence-corrected chi connectivity index (χ0v) is 14.6. The van der Waals surface area contributed by atoms with E-state index in [0.717, 1.165) is 22.2 Å². The topological polar surface area (TPSA) is 76.1 Å². The second-order valence-electron chi connectivity index (χ2n) is 5.43. The number of rotatable bonds is 4. The van der Waals surface area contributed by atoms with Crippen LogP contribution in [-0.2, 0) is 16.1 Å². The summed E-state index contributed by atoms with van der Waals surface area (Å²) in [7, 11) is 1.17. The Kier molecular flexibility index (Phi) is 4.73. The molecule has 8 heteroatoms. The molecule has 0 bridgehead atoms. The minimum Gasteiger partial charge on any atom is -0.467 e. The third kappa shape index (κ3) is 3.10. The molecule has 0 saturated heterocycles. The molecule has 0 fully saturated rings. The molecule has 130 valence electrons. The number of carbonyl (C=O) groups excluding carboxylic acids is 2. The summed E-state index contributed by atoms with van der Waals surface area (Å²) < 4.78 is 19.2. The van der Waals surface area contributed by atoms with Gasteiger partial charge in [0, 0.05) is 22.1 Å². The van der Waals surface area contributed by atoms with Gasteiger partial charge in [0.15, 0.2) is 11.8 Å². The molecule has 0 radical (unpaired) electrons. The lowest BCUT2D eigenvalue weighted by Crippen LogP contribution is -2.35. The van der Waals surface area contributed by atoms with E-state index in [0.29, 0.717) is 5.56 Å². The molecule has 2 aromatic rings. The molecule has 0 aromatic heterocycles. The van der Waals surface area contributed by atoms with E-state index >= 15 is 0 Å². The summed E-state index contributed by atoms with van der Waals surface area (Å²) in [5.74, 6) is -1.96. The molecule has 25 heavy (non-hydrogen) atoms. The number of ether oxygens (including phenoxy) is 1. The molecule has 2 aromatic carbocycles. The first kappa shape index (κ1) is 17.4. The average molecular weight is 410 g/mol. The van der Waals surface area contributed by atoms with Crippen LogP contribution in [0.1, 0.15) is 27.5 Å². The SMILES string of the molecule is COC(=O)[C@@H](c1cc(F)ccc1OO)N1Cc2ccc(Br)cc2C1=O. The Morgan fingerprint density at radius 1 is 1.32 bits per heavy atom. The van der Waals surface area contributed by atoms with Gasteiger partial charge in [-0.15, -0.1) is 0 Å². The molecule has 1 amide bonds. The molecule has 0 saturated carbocycles. The van der Waals surface area contributed by atoms with Crippen LogP contribution in [0.2, 0.25) is 0 Å². The van der Waals surface area contributed by atoms with Gasteiger partial charge in [0.25, 0.3) is 5.91 Å². The van der Waals surface area contributed by atoms with Gasteiger partial charge in [0.05, 0.1) is 7.11 Å². The van der Waals surface area contributed by atoms with Gasteiger partial charge in [-0.25, -0.2) is 14.4 Å². The molecule has 6 nitrogen and oxygen atoms in total. The predicted molar refractivity (Wildman–Crippen MR) is 88.4 cm³/mol. The van der Waals surface area contributed by atoms with Gasteiger partial charge < -0.3 is 14.5 Å². The van der Waals surface area contributed by atoms with Gasteiger partial charge >= 0.3 is 5.97 Å². The van der Waals surface area contributed by atoms with Crippen LogP contribution < -0.4 is 4.89 Å². The average Bonchev–Trinajstić information content (AvgIpc) is 2.91. The summed E-state index contributed by atoms with van der Waals surface area (Å²) in [6.07, 6.45) is 0. The van der Waals surface area contributed by atoms with Crippen molar-refractivity contribution in [3.8, 4) is 5.75 Å². The quantitative estimate of drug-likeness (QED) is 0.476. The van der Waals surface area contributed by atoms with Gasteiger partial charge in [-0.2, -0.15) is 0 Å². The largest absolute Gasteiger partial charge is 0.467 e. The maximum atomic E-state index is 13.7. The van der Waals surface area contributed by atoms with E-state index in [-0.39, 0.29) is 17.9 Å². The van der Waals surface area contributed by atoms with Crippen LogP contribution in [0.4, 0.5) is 4.39 Å². The second-order valence-corrected chi connectivity index (χ2v) is 6.35. The van der Waals surface area contributed by atoms with Crippen molar-refractivity contribution in [2.24, 2.45) is 0 Å². The first-order chi connectivity index (χ1) is 12.0. The van der Waals surface area contributed by atoms with Gasteiger partial charge in [-0.05, 0) is 35.9 Å². The Morgan fingerprint density at radius 2 is 2.08 bits per heavy atom. The molecule has 0 unspecified atom stereocenters. The first-order valence-electron chi connectivity index (χ1n) is 7.24. The number of benzene rings is 2. The van der Waals surface area contributed by atoms with Gasteiger partial charge in [0.1, 0.15) is 5.82 Å². The number of methoxy groups -OCH3 is 1. The Morgan fingerprint density at radius 3 is 2.76 bits per heavy atom. The Balaban J connectivity index is 2.09. The van der Waals surface area contributed by atoms with Crippen molar-refractivity contribution >= 4 is 27.8 Å².